The molecule has 0 aromatic carbocycles. The molecule has 0 aliphatic carbocycles. The summed E-state index contributed by atoms with van der Waals surface area (Å²) >= 11 is 0. The molecule has 1 amide bonds. The van der Waals surface area contributed by atoms with Crippen molar-refractivity contribution < 1.29 is 19.1 Å². The van der Waals surface area contributed by atoms with Crippen LogP contribution in [-0.4, -0.2) is 27.0 Å². The Labute approximate surface area is 153 Å². The summed E-state index contributed by atoms with van der Waals surface area (Å²) in [4.78, 5) is 34.1. The average Bonchev–Trinajstić information content (AvgIpc) is 3.30. The molecule has 0 spiro atoms. The maximum Gasteiger partial charge on any atom is 0.338 e. The second-order valence-corrected chi connectivity index (χ2v) is 5.92. The van der Waals surface area contributed by atoms with Gasteiger partial charge in [-0.3, -0.25) is 9.78 Å². The van der Waals surface area contributed by atoms with Crippen LogP contribution in [0.5, 0.6) is 0 Å². The van der Waals surface area contributed by atoms with Crippen LogP contribution in [0.1, 0.15) is 33.9 Å². The number of amides is 1. The van der Waals surface area contributed by atoms with Gasteiger partial charge in [0.2, 0.25) is 5.91 Å². The van der Waals surface area contributed by atoms with Gasteiger partial charge in [0.05, 0.1) is 17.5 Å². The van der Waals surface area contributed by atoms with Crippen molar-refractivity contribution in [1.29, 1.82) is 0 Å². The third-order valence-electron chi connectivity index (χ3n) is 4.32. The number of nitrogens with zero attached hydrogens (tertiary/aromatic N) is 3. The van der Waals surface area contributed by atoms with Crippen molar-refractivity contribution in [3.05, 3.63) is 72.1 Å². The molecule has 2 atom stereocenters. The Kier molecular flexibility index (Phi) is 3.96. The predicted molar refractivity (Wildman–Crippen MR) is 94.9 cm³/mol. The van der Waals surface area contributed by atoms with Gasteiger partial charge in [0, 0.05) is 24.2 Å². The van der Waals surface area contributed by atoms with Crippen LogP contribution < -0.4 is 16.0 Å². The highest BCUT2D eigenvalue weighted by Gasteiger charge is 2.42. The fourth-order valence-electron chi connectivity index (χ4n) is 3.25. The van der Waals surface area contributed by atoms with E-state index >= 15 is 0 Å². The number of carbonyl (C=O) groups is 2. The number of fused-ring (bicyclic) bond motifs is 1. The number of nitrogens with one attached hydrogen (secondary N) is 1. The molecule has 0 bridgehead atoms. The molecule has 4 heterocycles. The van der Waals surface area contributed by atoms with E-state index in [9.17, 15) is 14.7 Å². The summed E-state index contributed by atoms with van der Waals surface area (Å²) in [6.07, 6.45) is 5.31. The van der Waals surface area contributed by atoms with Crippen molar-refractivity contribution in [2.45, 2.75) is 12.2 Å². The number of hydrogen-bond acceptors (Lipinski definition) is 7. The number of nitrogens with two attached hydrogens (primary N) is 1. The zero-order chi connectivity index (χ0) is 19.0. The molecule has 27 heavy (non-hydrogen) atoms. The molecule has 0 radical (unpaired) electrons. The Bertz CT molecular complexity index is 990. The summed E-state index contributed by atoms with van der Waals surface area (Å²) in [5.74, 6) is -0.990. The van der Waals surface area contributed by atoms with E-state index in [2.05, 4.69) is 15.3 Å². The largest absolute Gasteiger partial charge is 0.478 e. The first-order valence-corrected chi connectivity index (χ1v) is 8.07. The quantitative estimate of drug-likeness (QED) is 0.624. The smallest absolute Gasteiger partial charge is 0.338 e. The fraction of sp³-hybridized carbons (Fsp3) is 0.111. The lowest BCUT2D eigenvalue weighted by Crippen LogP contribution is -2.40. The lowest BCUT2D eigenvalue weighted by atomic mass is 10.0. The highest BCUT2D eigenvalue weighted by atomic mass is 16.4. The molecule has 4 N–H and O–H groups in total. The van der Waals surface area contributed by atoms with Crippen LogP contribution in [0.3, 0.4) is 0 Å². The molecule has 3 aromatic rings. The number of pyridine rings is 2. The first-order chi connectivity index (χ1) is 13.1. The first-order valence-electron chi connectivity index (χ1n) is 8.07. The first kappa shape index (κ1) is 16.6. The molecular formula is C18H15N5O4. The van der Waals surface area contributed by atoms with Gasteiger partial charge < -0.3 is 25.5 Å². The third kappa shape index (κ3) is 2.74. The second-order valence-electron chi connectivity index (χ2n) is 5.92. The number of hydrogen-bond donors (Lipinski definition) is 3. The van der Waals surface area contributed by atoms with Gasteiger partial charge in [0.15, 0.2) is 12.0 Å². The highest BCUT2D eigenvalue weighted by Crippen LogP contribution is 2.46. The molecule has 9 heteroatoms. The summed E-state index contributed by atoms with van der Waals surface area (Å²) in [6, 6.07) is 7.20. The van der Waals surface area contributed by atoms with Gasteiger partial charge in [-0.05, 0) is 24.3 Å². The van der Waals surface area contributed by atoms with E-state index < -0.39 is 24.1 Å². The van der Waals surface area contributed by atoms with E-state index in [4.69, 9.17) is 10.2 Å². The number of furan rings is 1. The Hall–Kier alpha value is -3.88. The van der Waals surface area contributed by atoms with Gasteiger partial charge in [-0.15, -0.1) is 0 Å². The molecule has 1 aliphatic heterocycles. The number of aromatic carboxylic acids is 1. The minimum absolute atomic E-state index is 0.00306. The van der Waals surface area contributed by atoms with Crippen LogP contribution >= 0.6 is 0 Å². The Morgan fingerprint density at radius 2 is 2.11 bits per heavy atom. The van der Waals surface area contributed by atoms with Gasteiger partial charge >= 0.3 is 5.97 Å². The maximum absolute atomic E-state index is 12.4. The Morgan fingerprint density at radius 3 is 2.74 bits per heavy atom. The van der Waals surface area contributed by atoms with Crippen molar-refractivity contribution in [3.63, 3.8) is 0 Å². The van der Waals surface area contributed by atoms with Crippen LogP contribution in [0, 0.1) is 0 Å². The standard InChI is InChI=1S/C18H15N5O4/c19-15(24)13(10-3-1-6-20-9-10)23-14-11(18(25)26)5-7-21-16(14)22-17(23)12-4-2-8-27-12/h1-9,13,17H,(H2,19,24)(H,21,22)(H,25,26). The molecule has 3 aromatic heterocycles. The van der Waals surface area contributed by atoms with Crippen LogP contribution in [0.25, 0.3) is 0 Å². The number of carbonyl (C=O) groups excluding carboxylic acids is 1. The predicted octanol–water partition coefficient (Wildman–Crippen LogP) is 1.93. The molecule has 4 rings (SSSR count). The van der Waals surface area contributed by atoms with Gasteiger partial charge in [-0.25, -0.2) is 9.78 Å². The maximum atomic E-state index is 12.4. The summed E-state index contributed by atoms with van der Waals surface area (Å²) in [5, 5.41) is 12.8. The zero-order valence-electron chi connectivity index (χ0n) is 13.9. The zero-order valence-corrected chi connectivity index (χ0v) is 13.9. The molecule has 1 aliphatic rings. The average molecular weight is 365 g/mol. The number of anilines is 2. The van der Waals surface area contributed by atoms with E-state index in [1.165, 1.54) is 24.7 Å². The van der Waals surface area contributed by atoms with Crippen molar-refractivity contribution in [2.75, 3.05) is 10.2 Å². The lowest BCUT2D eigenvalue weighted by molar-refractivity contribution is -0.119. The van der Waals surface area contributed by atoms with E-state index in [0.717, 1.165) is 0 Å². The molecule has 0 saturated carbocycles. The van der Waals surface area contributed by atoms with Crippen LogP contribution in [0.15, 0.2) is 59.6 Å². The monoisotopic (exact) mass is 365 g/mol. The normalized spacial score (nSPS) is 16.4. The van der Waals surface area contributed by atoms with Gasteiger partial charge in [0.25, 0.3) is 0 Å². The van der Waals surface area contributed by atoms with E-state index in [-0.39, 0.29) is 11.3 Å². The van der Waals surface area contributed by atoms with Crippen molar-refractivity contribution >= 4 is 23.4 Å². The van der Waals surface area contributed by atoms with Crippen LogP contribution in [0.4, 0.5) is 11.5 Å². The second kappa shape index (κ2) is 6.45. The molecule has 0 saturated heterocycles. The summed E-state index contributed by atoms with van der Waals surface area (Å²) in [6.45, 7) is 0. The Balaban J connectivity index is 1.94. The van der Waals surface area contributed by atoms with Crippen LogP contribution in [0.2, 0.25) is 0 Å². The minimum atomic E-state index is -1.14. The Morgan fingerprint density at radius 1 is 1.26 bits per heavy atom. The highest BCUT2D eigenvalue weighted by molar-refractivity contribution is 6.00. The SMILES string of the molecule is NC(=O)C(c1cccnc1)N1c2c(C(=O)O)ccnc2NC1c1ccco1. The van der Waals surface area contributed by atoms with Crippen molar-refractivity contribution in [1.82, 2.24) is 9.97 Å². The number of rotatable bonds is 5. The van der Waals surface area contributed by atoms with Crippen LogP contribution in [-0.2, 0) is 4.79 Å². The van der Waals surface area contributed by atoms with E-state index in [1.807, 2.05) is 0 Å². The van der Waals surface area contributed by atoms with E-state index in [1.54, 1.807) is 35.4 Å². The van der Waals surface area contributed by atoms with Crippen molar-refractivity contribution in [2.24, 2.45) is 5.73 Å². The molecule has 136 valence electrons. The number of aromatic nitrogens is 2. The lowest BCUT2D eigenvalue weighted by Gasteiger charge is -2.32. The summed E-state index contributed by atoms with van der Waals surface area (Å²) in [7, 11) is 0. The topological polar surface area (TPSA) is 135 Å². The van der Waals surface area contributed by atoms with E-state index in [0.29, 0.717) is 17.1 Å². The number of carboxylic acids is 1. The minimum Gasteiger partial charge on any atom is -0.478 e. The van der Waals surface area contributed by atoms with Gasteiger partial charge in [-0.2, -0.15) is 0 Å². The van der Waals surface area contributed by atoms with Crippen molar-refractivity contribution in [3.8, 4) is 0 Å². The number of primary amides is 1. The number of carboxylic acid groups (broad SMARTS) is 1. The van der Waals surface area contributed by atoms with Gasteiger partial charge in [0.1, 0.15) is 11.8 Å². The molecule has 9 nitrogen and oxygen atoms in total. The fourth-order valence-corrected chi connectivity index (χ4v) is 3.25. The molecular weight excluding hydrogens is 350 g/mol. The molecule has 2 unspecified atom stereocenters. The molecule has 0 fully saturated rings. The van der Waals surface area contributed by atoms with Gasteiger partial charge in [-0.1, -0.05) is 6.07 Å². The third-order valence-corrected chi connectivity index (χ3v) is 4.32. The summed E-state index contributed by atoms with van der Waals surface area (Å²) in [5.41, 5.74) is 6.50. The summed E-state index contributed by atoms with van der Waals surface area (Å²) < 4.78 is 5.50.